The summed E-state index contributed by atoms with van der Waals surface area (Å²) in [7, 11) is 0. The van der Waals surface area contributed by atoms with E-state index >= 15 is 0 Å². The van der Waals surface area contributed by atoms with E-state index in [1.54, 1.807) is 0 Å². The van der Waals surface area contributed by atoms with Gasteiger partial charge in [-0.15, -0.1) is 0 Å². The highest BCUT2D eigenvalue weighted by Gasteiger charge is 2.07. The van der Waals surface area contributed by atoms with Gasteiger partial charge in [0.2, 0.25) is 0 Å². The first-order valence-corrected chi connectivity index (χ1v) is 8.08. The minimum absolute atomic E-state index is 0.784. The molecule has 0 radical (unpaired) electrons. The predicted octanol–water partition coefficient (Wildman–Crippen LogP) is 4.21. The largest absolute Gasteiger partial charge is 0.368 e. The average Bonchev–Trinajstić information content (AvgIpc) is 2.99. The Morgan fingerprint density at radius 2 is 1.04 bits per heavy atom. The lowest BCUT2D eigenvalue weighted by atomic mass is 10.2. The van der Waals surface area contributed by atoms with E-state index in [-0.39, 0.29) is 0 Å². The minimum atomic E-state index is 0.784. The lowest BCUT2D eigenvalue weighted by Crippen LogP contribution is -2.13. The summed E-state index contributed by atoms with van der Waals surface area (Å²) in [5.41, 5.74) is 4.30. The summed E-state index contributed by atoms with van der Waals surface area (Å²) in [6.45, 7) is 1.57. The Balaban J connectivity index is 1.35. The van der Waals surface area contributed by atoms with E-state index in [1.807, 2.05) is 48.5 Å². The number of hydrogen-bond acceptors (Lipinski definition) is 4. The molecule has 0 spiro atoms. The Morgan fingerprint density at radius 1 is 0.583 bits per heavy atom. The highest BCUT2D eigenvalue weighted by molar-refractivity contribution is 5.68. The second-order valence-corrected chi connectivity index (χ2v) is 5.64. The van der Waals surface area contributed by atoms with Crippen LogP contribution in [0.5, 0.6) is 0 Å². The van der Waals surface area contributed by atoms with Crippen LogP contribution in [0.2, 0.25) is 0 Å². The normalized spacial score (nSPS) is 10.8. The van der Waals surface area contributed by atoms with Crippen molar-refractivity contribution in [1.29, 1.82) is 0 Å². The van der Waals surface area contributed by atoms with Crippen LogP contribution in [0.3, 0.4) is 0 Å². The zero-order valence-corrected chi connectivity index (χ0v) is 13.2. The van der Waals surface area contributed by atoms with E-state index in [1.165, 1.54) is 0 Å². The summed E-state index contributed by atoms with van der Waals surface area (Å²) in [5.74, 6) is 1.82. The van der Waals surface area contributed by atoms with Crippen molar-refractivity contribution < 1.29 is 0 Å². The molecule has 0 amide bonds. The van der Waals surface area contributed by atoms with Gasteiger partial charge in [0.05, 0.1) is 11.4 Å². The van der Waals surface area contributed by atoms with Crippen LogP contribution in [0.15, 0.2) is 72.8 Å². The Kier molecular flexibility index (Phi) is 3.94. The van der Waals surface area contributed by atoms with Crippen molar-refractivity contribution in [2.45, 2.75) is 0 Å². The standard InChI is InChI=1S/C20H18N4/c1-3-7-15-13-19(23-17(15)9-5-1)21-11-12-22-20-14-16-8-4-2-6-10-18(16)24-20/h1-10,13-14H,11-12H2,(H,21,23)(H,22,24). The van der Waals surface area contributed by atoms with Crippen LogP contribution in [0.4, 0.5) is 11.6 Å². The summed E-state index contributed by atoms with van der Waals surface area (Å²) >= 11 is 0. The minimum Gasteiger partial charge on any atom is -0.368 e. The third kappa shape index (κ3) is 3.13. The molecule has 0 atom stereocenters. The zero-order chi connectivity index (χ0) is 16.2. The van der Waals surface area contributed by atoms with Crippen molar-refractivity contribution in [2.24, 2.45) is 0 Å². The van der Waals surface area contributed by atoms with Gasteiger partial charge in [-0.1, -0.05) is 48.5 Å². The van der Waals surface area contributed by atoms with E-state index in [0.29, 0.717) is 0 Å². The molecule has 4 aliphatic rings. The van der Waals surface area contributed by atoms with Gasteiger partial charge in [0.15, 0.2) is 0 Å². The third-order valence-corrected chi connectivity index (χ3v) is 3.90. The number of aromatic nitrogens is 2. The maximum atomic E-state index is 4.58. The van der Waals surface area contributed by atoms with Crippen molar-refractivity contribution in [3.05, 3.63) is 72.8 Å². The molecule has 4 rings (SSSR count). The van der Waals surface area contributed by atoms with Crippen molar-refractivity contribution in [1.82, 2.24) is 9.97 Å². The lowest BCUT2D eigenvalue weighted by molar-refractivity contribution is 1.06. The van der Waals surface area contributed by atoms with Crippen molar-refractivity contribution in [2.75, 3.05) is 23.7 Å². The maximum absolute atomic E-state index is 4.58. The van der Waals surface area contributed by atoms with Gasteiger partial charge < -0.3 is 10.6 Å². The molecule has 0 saturated carbocycles. The third-order valence-electron chi connectivity index (χ3n) is 3.90. The molecule has 24 heavy (non-hydrogen) atoms. The van der Waals surface area contributed by atoms with E-state index in [2.05, 4.69) is 44.9 Å². The number of anilines is 2. The van der Waals surface area contributed by atoms with Crippen LogP contribution in [0.1, 0.15) is 0 Å². The molecule has 2 aliphatic heterocycles. The first-order valence-electron chi connectivity index (χ1n) is 8.08. The van der Waals surface area contributed by atoms with Crippen LogP contribution in [-0.2, 0) is 0 Å². The van der Waals surface area contributed by atoms with E-state index in [0.717, 1.165) is 47.2 Å². The van der Waals surface area contributed by atoms with Gasteiger partial charge in [-0.05, 0) is 24.3 Å². The second kappa shape index (κ2) is 6.54. The summed E-state index contributed by atoms with van der Waals surface area (Å²) in [6, 6.07) is 24.4. The predicted molar refractivity (Wildman–Crippen MR) is 98.7 cm³/mol. The molecule has 0 aromatic carbocycles. The van der Waals surface area contributed by atoms with Crippen LogP contribution in [0, 0.1) is 0 Å². The number of rotatable bonds is 5. The van der Waals surface area contributed by atoms with Crippen molar-refractivity contribution in [3.8, 4) is 22.5 Å². The monoisotopic (exact) mass is 314 g/mol. The smallest absolute Gasteiger partial charge is 0.127 e. The lowest BCUT2D eigenvalue weighted by Gasteiger charge is -2.04. The Bertz CT molecular complexity index is 754. The number of fused-ring (bicyclic) bond motifs is 2. The molecule has 4 heteroatoms. The summed E-state index contributed by atoms with van der Waals surface area (Å²) < 4.78 is 0. The molecule has 0 aromatic rings. The summed E-state index contributed by atoms with van der Waals surface area (Å²) in [5, 5.41) is 6.70. The van der Waals surface area contributed by atoms with Gasteiger partial charge in [-0.2, -0.15) is 0 Å². The number of nitrogens with zero attached hydrogens (tertiary/aromatic N) is 2. The molecule has 0 unspecified atom stereocenters. The summed E-state index contributed by atoms with van der Waals surface area (Å²) in [4.78, 5) is 9.17. The van der Waals surface area contributed by atoms with Crippen molar-refractivity contribution in [3.63, 3.8) is 0 Å². The topological polar surface area (TPSA) is 49.8 Å². The Hall–Kier alpha value is -3.14. The molecule has 2 N–H and O–H groups in total. The van der Waals surface area contributed by atoms with Crippen LogP contribution >= 0.6 is 0 Å². The molecule has 118 valence electrons. The first-order chi connectivity index (χ1) is 11.9. The fourth-order valence-corrected chi connectivity index (χ4v) is 2.73. The van der Waals surface area contributed by atoms with Gasteiger partial charge >= 0.3 is 0 Å². The van der Waals surface area contributed by atoms with E-state index < -0.39 is 0 Å². The molecule has 4 nitrogen and oxygen atoms in total. The molecule has 2 heterocycles. The molecule has 0 fully saturated rings. The molecule has 2 aliphatic carbocycles. The fourth-order valence-electron chi connectivity index (χ4n) is 2.73. The first kappa shape index (κ1) is 14.5. The Labute approximate surface area is 141 Å². The average molecular weight is 314 g/mol. The SMILES string of the molecule is c1ccc2cc(NCCNc3cc4cccccc-4n3)nc-2cc1. The van der Waals surface area contributed by atoms with Gasteiger partial charge in [0.1, 0.15) is 11.6 Å². The molecular weight excluding hydrogens is 296 g/mol. The van der Waals surface area contributed by atoms with Gasteiger partial charge in [-0.25, -0.2) is 9.97 Å². The van der Waals surface area contributed by atoms with Crippen LogP contribution in [-0.4, -0.2) is 23.1 Å². The molecule has 0 bridgehead atoms. The summed E-state index contributed by atoms with van der Waals surface area (Å²) in [6.07, 6.45) is 0. The van der Waals surface area contributed by atoms with Crippen LogP contribution in [0.25, 0.3) is 22.5 Å². The second-order valence-electron chi connectivity index (χ2n) is 5.64. The van der Waals surface area contributed by atoms with E-state index in [4.69, 9.17) is 0 Å². The molecule has 0 saturated heterocycles. The number of hydrogen-bond donors (Lipinski definition) is 2. The zero-order valence-electron chi connectivity index (χ0n) is 13.2. The van der Waals surface area contributed by atoms with Gasteiger partial charge in [0.25, 0.3) is 0 Å². The van der Waals surface area contributed by atoms with Gasteiger partial charge in [0, 0.05) is 24.2 Å². The van der Waals surface area contributed by atoms with Crippen LogP contribution < -0.4 is 10.6 Å². The highest BCUT2D eigenvalue weighted by atomic mass is 15.1. The van der Waals surface area contributed by atoms with E-state index in [9.17, 15) is 0 Å². The highest BCUT2D eigenvalue weighted by Crippen LogP contribution is 2.24. The number of nitrogens with one attached hydrogen (secondary N) is 2. The molecule has 0 aromatic heterocycles. The quantitative estimate of drug-likeness (QED) is 0.542. The Morgan fingerprint density at radius 3 is 1.54 bits per heavy atom. The fraction of sp³-hybridized carbons (Fsp3) is 0.100. The molecular formula is C20H18N4. The van der Waals surface area contributed by atoms with Crippen molar-refractivity contribution >= 4 is 11.6 Å². The maximum Gasteiger partial charge on any atom is 0.127 e. The van der Waals surface area contributed by atoms with Gasteiger partial charge in [-0.3, -0.25) is 0 Å².